The van der Waals surface area contributed by atoms with Crippen LogP contribution in [-0.4, -0.2) is 30.6 Å². The van der Waals surface area contributed by atoms with Crippen LogP contribution in [-0.2, 0) is 4.74 Å². The van der Waals surface area contributed by atoms with Crippen LogP contribution in [0, 0.1) is 5.92 Å². The Morgan fingerprint density at radius 2 is 2.15 bits per heavy atom. The van der Waals surface area contributed by atoms with Gasteiger partial charge in [-0.05, 0) is 19.3 Å². The molecule has 13 heavy (non-hydrogen) atoms. The summed E-state index contributed by atoms with van der Waals surface area (Å²) in [7, 11) is 0. The zero-order valence-electron chi connectivity index (χ0n) is 7.18. The number of aliphatic hydroxyl groups is 1. The highest BCUT2D eigenvalue weighted by molar-refractivity contribution is 4.74. The molecule has 1 heterocycles. The second-order valence-electron chi connectivity index (χ2n) is 3.29. The molecule has 2 unspecified atom stereocenters. The molecule has 0 aromatic rings. The summed E-state index contributed by atoms with van der Waals surface area (Å²) in [4.78, 5) is 0. The zero-order valence-corrected chi connectivity index (χ0v) is 7.18. The third-order valence-electron chi connectivity index (χ3n) is 2.25. The summed E-state index contributed by atoms with van der Waals surface area (Å²) in [5.41, 5.74) is 0. The Labute approximate surface area is 74.7 Å². The van der Waals surface area contributed by atoms with Crippen LogP contribution in [0.1, 0.15) is 19.3 Å². The molecular weight excluding hydrogens is 185 g/mol. The van der Waals surface area contributed by atoms with Crippen LogP contribution in [0.15, 0.2) is 0 Å². The van der Waals surface area contributed by atoms with Crippen molar-refractivity contribution in [3.63, 3.8) is 0 Å². The van der Waals surface area contributed by atoms with Crippen LogP contribution in [0.2, 0.25) is 0 Å². The average molecular weight is 198 g/mol. The van der Waals surface area contributed by atoms with Crippen LogP contribution >= 0.6 is 0 Å². The van der Waals surface area contributed by atoms with E-state index in [1.165, 1.54) is 0 Å². The van der Waals surface area contributed by atoms with E-state index in [1.807, 2.05) is 0 Å². The monoisotopic (exact) mass is 198 g/mol. The van der Waals surface area contributed by atoms with Gasteiger partial charge in [-0.3, -0.25) is 0 Å². The zero-order chi connectivity index (χ0) is 9.90. The Hall–Kier alpha value is -0.290. The summed E-state index contributed by atoms with van der Waals surface area (Å²) in [5.74, 6) is -1.63. The standard InChI is InChI=1S/C8H13F3O2/c9-8(10,11)6(5-12)4-7-2-1-3-13-7/h6-7,12H,1-5H2. The van der Waals surface area contributed by atoms with Crippen LogP contribution in [0.25, 0.3) is 0 Å². The van der Waals surface area contributed by atoms with E-state index in [2.05, 4.69) is 0 Å². The van der Waals surface area contributed by atoms with Crippen LogP contribution < -0.4 is 0 Å². The molecule has 0 aliphatic carbocycles. The SMILES string of the molecule is OCC(CC1CCCO1)C(F)(F)F. The fraction of sp³-hybridized carbons (Fsp3) is 1.00. The van der Waals surface area contributed by atoms with Gasteiger partial charge in [0.1, 0.15) is 0 Å². The molecular formula is C8H13F3O2. The lowest BCUT2D eigenvalue weighted by molar-refractivity contribution is -0.191. The Balaban J connectivity index is 2.39. The smallest absolute Gasteiger partial charge is 0.394 e. The first-order valence-electron chi connectivity index (χ1n) is 4.33. The fourth-order valence-corrected chi connectivity index (χ4v) is 1.46. The number of alkyl halides is 3. The topological polar surface area (TPSA) is 29.5 Å². The van der Waals surface area contributed by atoms with Gasteiger partial charge in [-0.15, -0.1) is 0 Å². The Bertz CT molecular complexity index is 152. The fourth-order valence-electron chi connectivity index (χ4n) is 1.46. The number of rotatable bonds is 3. The number of hydrogen-bond donors (Lipinski definition) is 1. The highest BCUT2D eigenvalue weighted by atomic mass is 19.4. The van der Waals surface area contributed by atoms with Gasteiger partial charge < -0.3 is 9.84 Å². The molecule has 0 bridgehead atoms. The van der Waals surface area contributed by atoms with Crippen molar-refractivity contribution in [3.8, 4) is 0 Å². The van der Waals surface area contributed by atoms with Gasteiger partial charge >= 0.3 is 6.18 Å². The van der Waals surface area contributed by atoms with Crippen molar-refractivity contribution in [3.05, 3.63) is 0 Å². The summed E-state index contributed by atoms with van der Waals surface area (Å²) in [5, 5.41) is 8.55. The molecule has 0 amide bonds. The predicted molar refractivity (Wildman–Crippen MR) is 40.2 cm³/mol. The lowest BCUT2D eigenvalue weighted by Gasteiger charge is -2.20. The number of hydrogen-bond acceptors (Lipinski definition) is 2. The highest BCUT2D eigenvalue weighted by Gasteiger charge is 2.40. The second kappa shape index (κ2) is 4.28. The van der Waals surface area contributed by atoms with Gasteiger partial charge in [0.05, 0.1) is 18.6 Å². The summed E-state index contributed by atoms with van der Waals surface area (Å²) in [6, 6.07) is 0. The molecule has 1 rings (SSSR count). The molecule has 1 aliphatic heterocycles. The van der Waals surface area contributed by atoms with Crippen LogP contribution in [0.5, 0.6) is 0 Å². The van der Waals surface area contributed by atoms with Crippen molar-refractivity contribution in [2.45, 2.75) is 31.5 Å². The summed E-state index contributed by atoms with van der Waals surface area (Å²) < 4.78 is 41.5. The lowest BCUT2D eigenvalue weighted by Crippen LogP contribution is -2.29. The summed E-state index contributed by atoms with van der Waals surface area (Å²) >= 11 is 0. The third kappa shape index (κ3) is 3.15. The van der Waals surface area contributed by atoms with Crippen molar-refractivity contribution in [1.82, 2.24) is 0 Å². The number of halogens is 3. The lowest BCUT2D eigenvalue weighted by atomic mass is 10.0. The molecule has 0 radical (unpaired) electrons. The predicted octanol–water partition coefficient (Wildman–Crippen LogP) is 1.73. The van der Waals surface area contributed by atoms with Gasteiger partial charge in [0.15, 0.2) is 0 Å². The summed E-state index contributed by atoms with van der Waals surface area (Å²) in [6.45, 7) is -0.302. The molecule has 0 saturated carbocycles. The third-order valence-corrected chi connectivity index (χ3v) is 2.25. The van der Waals surface area contributed by atoms with Gasteiger partial charge in [-0.25, -0.2) is 0 Å². The van der Waals surface area contributed by atoms with Gasteiger partial charge in [-0.1, -0.05) is 0 Å². The minimum Gasteiger partial charge on any atom is -0.396 e. The molecule has 78 valence electrons. The molecule has 0 aromatic carbocycles. The maximum absolute atomic E-state index is 12.2. The Kier molecular flexibility index (Phi) is 3.55. The molecule has 0 spiro atoms. The minimum absolute atomic E-state index is 0.111. The van der Waals surface area contributed by atoms with Crippen molar-refractivity contribution >= 4 is 0 Å². The van der Waals surface area contributed by atoms with Crippen LogP contribution in [0.4, 0.5) is 13.2 Å². The van der Waals surface area contributed by atoms with Gasteiger partial charge in [0, 0.05) is 6.61 Å². The van der Waals surface area contributed by atoms with E-state index < -0.39 is 18.7 Å². The van der Waals surface area contributed by atoms with Crippen LogP contribution in [0.3, 0.4) is 0 Å². The summed E-state index contributed by atoms with van der Waals surface area (Å²) in [6.07, 6.45) is -3.24. The molecule has 1 fully saturated rings. The van der Waals surface area contributed by atoms with Crippen molar-refractivity contribution < 1.29 is 23.0 Å². The molecule has 1 saturated heterocycles. The van der Waals surface area contributed by atoms with E-state index in [4.69, 9.17) is 9.84 Å². The van der Waals surface area contributed by atoms with E-state index >= 15 is 0 Å². The first-order chi connectivity index (χ1) is 6.04. The molecule has 0 aromatic heterocycles. The second-order valence-corrected chi connectivity index (χ2v) is 3.29. The molecule has 2 atom stereocenters. The van der Waals surface area contributed by atoms with Gasteiger partial charge in [-0.2, -0.15) is 13.2 Å². The quantitative estimate of drug-likeness (QED) is 0.748. The number of aliphatic hydroxyl groups excluding tert-OH is 1. The first kappa shape index (κ1) is 10.8. The van der Waals surface area contributed by atoms with Crippen molar-refractivity contribution in [2.24, 2.45) is 5.92 Å². The van der Waals surface area contributed by atoms with E-state index in [1.54, 1.807) is 0 Å². The van der Waals surface area contributed by atoms with Crippen molar-refractivity contribution in [2.75, 3.05) is 13.2 Å². The molecule has 1 aliphatic rings. The highest BCUT2D eigenvalue weighted by Crippen LogP contribution is 2.32. The average Bonchev–Trinajstić information content (AvgIpc) is 2.49. The number of ether oxygens (including phenoxy) is 1. The van der Waals surface area contributed by atoms with E-state index in [9.17, 15) is 13.2 Å². The maximum Gasteiger partial charge on any atom is 0.394 e. The van der Waals surface area contributed by atoms with E-state index in [-0.39, 0.29) is 12.5 Å². The Morgan fingerprint density at radius 1 is 1.46 bits per heavy atom. The maximum atomic E-state index is 12.2. The largest absolute Gasteiger partial charge is 0.396 e. The molecule has 1 N–H and O–H groups in total. The van der Waals surface area contributed by atoms with Crippen molar-refractivity contribution in [1.29, 1.82) is 0 Å². The molecule has 5 heteroatoms. The van der Waals surface area contributed by atoms with Gasteiger partial charge in [0.2, 0.25) is 0 Å². The van der Waals surface area contributed by atoms with E-state index in [0.29, 0.717) is 13.0 Å². The Morgan fingerprint density at radius 3 is 2.54 bits per heavy atom. The van der Waals surface area contributed by atoms with E-state index in [0.717, 1.165) is 6.42 Å². The first-order valence-corrected chi connectivity index (χ1v) is 4.33. The molecule has 2 nitrogen and oxygen atoms in total. The normalized spacial score (nSPS) is 26.3. The minimum atomic E-state index is -4.30. The van der Waals surface area contributed by atoms with Gasteiger partial charge in [0.25, 0.3) is 0 Å².